The van der Waals surface area contributed by atoms with E-state index in [1.165, 1.54) is 0 Å². The first-order valence-corrected chi connectivity index (χ1v) is 9.88. The molecule has 0 saturated carbocycles. The highest BCUT2D eigenvalue weighted by Gasteiger charge is 2.48. The Labute approximate surface area is 114 Å². The van der Waals surface area contributed by atoms with E-state index < -0.39 is 50.7 Å². The molecule has 0 aromatic carbocycles. The summed E-state index contributed by atoms with van der Waals surface area (Å²) in [5.74, 6) is -2.35. The van der Waals surface area contributed by atoms with Gasteiger partial charge in [0.25, 0.3) is 0 Å². The van der Waals surface area contributed by atoms with Crippen LogP contribution in [0.1, 0.15) is 0 Å². The first-order chi connectivity index (χ1) is 8.55. The fourth-order valence-electron chi connectivity index (χ4n) is 1.25. The minimum atomic E-state index is -4.51. The Morgan fingerprint density at radius 3 is 1.00 bits per heavy atom. The fourth-order valence-corrected chi connectivity index (χ4v) is 8.46. The van der Waals surface area contributed by atoms with Crippen molar-refractivity contribution in [2.75, 3.05) is 17.3 Å². The molecule has 6 nitrogen and oxygen atoms in total. The van der Waals surface area contributed by atoms with Crippen molar-refractivity contribution in [3.63, 3.8) is 0 Å². The van der Waals surface area contributed by atoms with Gasteiger partial charge in [0, 0.05) is 0 Å². The fraction of sp³-hybridized carbons (Fsp3) is 0.300. The van der Waals surface area contributed by atoms with Gasteiger partial charge in [-0.25, -0.2) is 25.3 Å². The summed E-state index contributed by atoms with van der Waals surface area (Å²) in [7, 11) is -13.5. The minimum absolute atomic E-state index is 0.783. The number of hydrogen-bond acceptors (Lipinski definition) is 6. The van der Waals surface area contributed by atoms with Crippen LogP contribution >= 0.6 is 0 Å². The van der Waals surface area contributed by atoms with E-state index in [-0.39, 0.29) is 0 Å². The molecule has 0 fully saturated rings. The number of rotatable bonds is 9. The lowest BCUT2D eigenvalue weighted by atomic mass is 10.8. The molecule has 0 aliphatic heterocycles. The van der Waals surface area contributed by atoms with Crippen molar-refractivity contribution >= 4 is 29.5 Å². The van der Waals surface area contributed by atoms with Gasteiger partial charge in [-0.3, -0.25) is 0 Å². The van der Waals surface area contributed by atoms with Crippen molar-refractivity contribution in [2.45, 2.75) is 0 Å². The third kappa shape index (κ3) is 4.59. The van der Waals surface area contributed by atoms with E-state index in [1.807, 2.05) is 0 Å². The second kappa shape index (κ2) is 6.49. The standard InChI is InChI=1S/C10H15O6S3/c1-4-7-17(11,12)10(18(13,14)8-5-2)19(15,16)9-6-3/h4-6H,1-3,7-9H2. The molecule has 0 unspecified atom stereocenters. The topological polar surface area (TPSA) is 102 Å². The average molecular weight is 327 g/mol. The second-order valence-corrected chi connectivity index (χ2v) is 10.1. The molecule has 0 aliphatic carbocycles. The summed E-state index contributed by atoms with van der Waals surface area (Å²) in [6.07, 6.45) is 2.76. The van der Waals surface area contributed by atoms with Crippen LogP contribution in [-0.2, 0) is 29.5 Å². The van der Waals surface area contributed by atoms with Crippen LogP contribution in [0.4, 0.5) is 0 Å². The first kappa shape index (κ1) is 18.1. The van der Waals surface area contributed by atoms with E-state index >= 15 is 0 Å². The molecule has 0 N–H and O–H groups in total. The smallest absolute Gasteiger partial charge is 0.226 e. The molecule has 0 aromatic heterocycles. The number of hydrogen-bond donors (Lipinski definition) is 0. The second-order valence-electron chi connectivity index (χ2n) is 3.46. The minimum Gasteiger partial charge on any atom is -0.226 e. The van der Waals surface area contributed by atoms with Crippen molar-refractivity contribution in [1.29, 1.82) is 0 Å². The van der Waals surface area contributed by atoms with E-state index in [0.29, 0.717) is 0 Å². The monoisotopic (exact) mass is 327 g/mol. The molecule has 0 heterocycles. The van der Waals surface area contributed by atoms with Crippen molar-refractivity contribution in [1.82, 2.24) is 0 Å². The maximum atomic E-state index is 11.8. The lowest BCUT2D eigenvalue weighted by Crippen LogP contribution is -2.33. The van der Waals surface area contributed by atoms with Gasteiger partial charge in [-0.1, -0.05) is 18.2 Å². The van der Waals surface area contributed by atoms with Crippen LogP contribution in [0, 0.1) is 3.91 Å². The van der Waals surface area contributed by atoms with Crippen LogP contribution in [0.15, 0.2) is 38.0 Å². The van der Waals surface area contributed by atoms with Crippen LogP contribution < -0.4 is 0 Å². The zero-order chi connectivity index (χ0) is 15.3. The maximum absolute atomic E-state index is 11.8. The summed E-state index contributed by atoms with van der Waals surface area (Å²) < 4.78 is 69.5. The van der Waals surface area contributed by atoms with Crippen LogP contribution in [0.2, 0.25) is 0 Å². The molecular formula is C10H15O6S3. The van der Waals surface area contributed by atoms with Crippen molar-refractivity contribution < 1.29 is 25.3 Å². The van der Waals surface area contributed by atoms with Gasteiger partial charge in [0.1, 0.15) is 0 Å². The molecule has 0 aromatic rings. The highest BCUT2D eigenvalue weighted by Crippen LogP contribution is 2.28. The molecule has 0 bridgehead atoms. The zero-order valence-corrected chi connectivity index (χ0v) is 12.6. The van der Waals surface area contributed by atoms with Crippen LogP contribution in [-0.4, -0.2) is 42.5 Å². The third-order valence-corrected chi connectivity index (χ3v) is 9.89. The van der Waals surface area contributed by atoms with Gasteiger partial charge in [0.15, 0.2) is 29.5 Å². The summed E-state index contributed by atoms with van der Waals surface area (Å²) >= 11 is 0. The molecule has 0 rings (SSSR count). The quantitative estimate of drug-likeness (QED) is 0.562. The van der Waals surface area contributed by atoms with Gasteiger partial charge in [0.2, 0.25) is 0 Å². The predicted molar refractivity (Wildman–Crippen MR) is 75.2 cm³/mol. The molecule has 0 atom stereocenters. The Kier molecular flexibility index (Phi) is 6.17. The van der Waals surface area contributed by atoms with Gasteiger partial charge in [-0.05, 0) is 0 Å². The molecule has 19 heavy (non-hydrogen) atoms. The van der Waals surface area contributed by atoms with E-state index in [9.17, 15) is 25.3 Å². The van der Waals surface area contributed by atoms with Gasteiger partial charge in [-0.2, -0.15) is 0 Å². The summed E-state index contributed by atoms with van der Waals surface area (Å²) in [6, 6.07) is 0. The van der Waals surface area contributed by atoms with Gasteiger partial charge >= 0.3 is 3.91 Å². The number of sulfone groups is 3. The van der Waals surface area contributed by atoms with Gasteiger partial charge in [-0.15, -0.1) is 19.7 Å². The lowest BCUT2D eigenvalue weighted by molar-refractivity contribution is 0.586. The van der Waals surface area contributed by atoms with Crippen LogP contribution in [0.3, 0.4) is 0 Å². The Morgan fingerprint density at radius 2 is 0.842 bits per heavy atom. The summed E-state index contributed by atoms with van der Waals surface area (Å²) in [5.41, 5.74) is 0. The molecule has 109 valence electrons. The molecule has 0 saturated heterocycles. The van der Waals surface area contributed by atoms with E-state index in [2.05, 4.69) is 19.7 Å². The molecule has 0 spiro atoms. The largest absolute Gasteiger partial charge is 0.320 e. The zero-order valence-electron chi connectivity index (χ0n) is 10.1. The summed E-state index contributed by atoms with van der Waals surface area (Å²) in [6.45, 7) is 9.49. The Morgan fingerprint density at radius 1 is 0.632 bits per heavy atom. The van der Waals surface area contributed by atoms with Crippen LogP contribution in [0.5, 0.6) is 0 Å². The van der Waals surface area contributed by atoms with Crippen molar-refractivity contribution in [2.24, 2.45) is 0 Å². The van der Waals surface area contributed by atoms with E-state index in [1.54, 1.807) is 0 Å². The van der Waals surface area contributed by atoms with E-state index in [4.69, 9.17) is 0 Å². The molecular weight excluding hydrogens is 312 g/mol. The highest BCUT2D eigenvalue weighted by molar-refractivity contribution is 8.29. The Balaban J connectivity index is 6.15. The SMILES string of the molecule is C=CCS(=O)(=O)[C](S(=O)(=O)CC=C)S(=O)(=O)CC=C. The molecule has 9 heteroatoms. The third-order valence-electron chi connectivity index (χ3n) is 1.77. The first-order valence-electron chi connectivity index (χ1n) is 4.93. The summed E-state index contributed by atoms with van der Waals surface area (Å²) in [4.78, 5) is 0. The van der Waals surface area contributed by atoms with Gasteiger partial charge in [0.05, 0.1) is 17.3 Å². The predicted octanol–water partition coefficient (Wildman–Crippen LogP) is 0.236. The summed E-state index contributed by atoms with van der Waals surface area (Å²) in [5, 5.41) is 0. The van der Waals surface area contributed by atoms with Gasteiger partial charge < -0.3 is 0 Å². The van der Waals surface area contributed by atoms with Crippen molar-refractivity contribution in [3.05, 3.63) is 41.9 Å². The lowest BCUT2D eigenvalue weighted by Gasteiger charge is -2.14. The molecule has 1 radical (unpaired) electrons. The Bertz CT molecular complexity index is 557. The molecule has 0 aliphatic rings. The van der Waals surface area contributed by atoms with E-state index in [0.717, 1.165) is 18.2 Å². The maximum Gasteiger partial charge on any atom is 0.320 e. The normalized spacial score (nSPS) is 13.1. The van der Waals surface area contributed by atoms with Crippen LogP contribution in [0.25, 0.3) is 0 Å². The Hall–Kier alpha value is -0.930. The average Bonchev–Trinajstić information content (AvgIpc) is 2.14. The van der Waals surface area contributed by atoms with Crippen molar-refractivity contribution in [3.8, 4) is 0 Å². The highest BCUT2D eigenvalue weighted by atomic mass is 32.3. The molecule has 0 amide bonds.